The van der Waals surface area contributed by atoms with Gasteiger partial charge in [0.2, 0.25) is 11.0 Å². The number of hydrogen-bond acceptors (Lipinski definition) is 8. The molecule has 1 aromatic carbocycles. The maximum absolute atomic E-state index is 11.8. The van der Waals surface area contributed by atoms with Gasteiger partial charge in [0.25, 0.3) is 5.91 Å². The first-order valence-electron chi connectivity index (χ1n) is 8.17. The molecule has 1 fully saturated rings. The van der Waals surface area contributed by atoms with E-state index < -0.39 is 0 Å². The molecule has 3 N–H and O–H groups in total. The number of carbonyl (C=O) groups excluding carboxylic acids is 2. The summed E-state index contributed by atoms with van der Waals surface area (Å²) in [6.45, 7) is 1.53. The van der Waals surface area contributed by atoms with E-state index in [9.17, 15) is 9.59 Å². The molecule has 3 rings (SSSR count). The van der Waals surface area contributed by atoms with Crippen molar-refractivity contribution in [3.63, 3.8) is 0 Å². The first-order valence-corrected chi connectivity index (χ1v) is 9.97. The van der Waals surface area contributed by atoms with Crippen LogP contribution < -0.4 is 16.2 Å². The Hall–Kier alpha value is -2.17. The van der Waals surface area contributed by atoms with Crippen LogP contribution in [0.2, 0.25) is 0 Å². The summed E-state index contributed by atoms with van der Waals surface area (Å²) >= 11 is 2.65. The molecular weight excluding hydrogens is 374 g/mol. The first-order chi connectivity index (χ1) is 12.7. The number of nitrogens with one attached hydrogen (secondary N) is 3. The van der Waals surface area contributed by atoms with Gasteiger partial charge in [-0.3, -0.25) is 20.4 Å². The Balaban J connectivity index is 1.35. The quantitative estimate of drug-likeness (QED) is 0.485. The molecule has 0 saturated carbocycles. The van der Waals surface area contributed by atoms with Crippen LogP contribution in [0.3, 0.4) is 0 Å². The molecule has 1 unspecified atom stereocenters. The van der Waals surface area contributed by atoms with E-state index in [1.54, 1.807) is 24.3 Å². The summed E-state index contributed by atoms with van der Waals surface area (Å²) in [5.74, 6) is -0.543. The third-order valence-electron chi connectivity index (χ3n) is 3.59. The van der Waals surface area contributed by atoms with Crippen molar-refractivity contribution in [3.05, 3.63) is 35.9 Å². The van der Waals surface area contributed by atoms with E-state index in [0.717, 1.165) is 19.4 Å². The highest BCUT2D eigenvalue weighted by Crippen LogP contribution is 2.25. The van der Waals surface area contributed by atoms with Crippen molar-refractivity contribution < 1.29 is 14.3 Å². The normalized spacial score (nSPS) is 16.2. The van der Waals surface area contributed by atoms with Gasteiger partial charge in [0, 0.05) is 18.7 Å². The number of carbonyl (C=O) groups is 2. The summed E-state index contributed by atoms with van der Waals surface area (Å²) in [5, 5.41) is 12.0. The van der Waals surface area contributed by atoms with Gasteiger partial charge in [0.15, 0.2) is 4.34 Å². The van der Waals surface area contributed by atoms with Crippen molar-refractivity contribution >= 4 is 40.0 Å². The predicted octanol–water partition coefficient (Wildman–Crippen LogP) is 1.68. The zero-order valence-electron chi connectivity index (χ0n) is 13.9. The van der Waals surface area contributed by atoms with E-state index >= 15 is 0 Å². The number of amides is 2. The lowest BCUT2D eigenvalue weighted by atomic mass is 10.2. The van der Waals surface area contributed by atoms with Gasteiger partial charge in [0.05, 0.1) is 11.9 Å². The molecule has 0 bridgehead atoms. The number of nitrogens with zero attached hydrogens (tertiary/aromatic N) is 2. The summed E-state index contributed by atoms with van der Waals surface area (Å²) in [6, 6.07) is 8.67. The molecule has 1 saturated heterocycles. The van der Waals surface area contributed by atoms with E-state index in [2.05, 4.69) is 26.4 Å². The van der Waals surface area contributed by atoms with Gasteiger partial charge in [-0.25, -0.2) is 0 Å². The molecule has 0 spiro atoms. The molecule has 2 amide bonds. The smallest absolute Gasteiger partial charge is 0.269 e. The van der Waals surface area contributed by atoms with E-state index in [4.69, 9.17) is 4.74 Å². The van der Waals surface area contributed by atoms with Gasteiger partial charge in [-0.2, -0.15) is 0 Å². The maximum atomic E-state index is 11.8. The second kappa shape index (κ2) is 9.51. The van der Waals surface area contributed by atoms with E-state index in [-0.39, 0.29) is 23.7 Å². The van der Waals surface area contributed by atoms with Crippen LogP contribution in [0.25, 0.3) is 0 Å². The van der Waals surface area contributed by atoms with Crippen LogP contribution in [0.4, 0.5) is 5.13 Å². The summed E-state index contributed by atoms with van der Waals surface area (Å²) in [7, 11) is 0. The lowest BCUT2D eigenvalue weighted by Crippen LogP contribution is -2.42. The van der Waals surface area contributed by atoms with Crippen molar-refractivity contribution in [2.24, 2.45) is 0 Å². The zero-order chi connectivity index (χ0) is 18.2. The van der Waals surface area contributed by atoms with Crippen LogP contribution in [0.1, 0.15) is 23.2 Å². The molecule has 0 aliphatic carbocycles. The number of hydrogen-bond donors (Lipinski definition) is 3. The molecule has 0 radical (unpaired) electrons. The number of anilines is 1. The summed E-state index contributed by atoms with van der Waals surface area (Å²) in [5.41, 5.74) is 5.24. The maximum Gasteiger partial charge on any atom is 0.269 e. The Bertz CT molecular complexity index is 734. The number of benzene rings is 1. The Morgan fingerprint density at radius 2 is 2.08 bits per heavy atom. The monoisotopic (exact) mass is 393 g/mol. The molecule has 1 aliphatic rings. The average molecular weight is 393 g/mol. The predicted molar refractivity (Wildman–Crippen MR) is 100 cm³/mol. The minimum absolute atomic E-state index is 0.134. The van der Waals surface area contributed by atoms with Gasteiger partial charge >= 0.3 is 0 Å². The Morgan fingerprint density at radius 3 is 2.85 bits per heavy atom. The van der Waals surface area contributed by atoms with Crippen LogP contribution >= 0.6 is 23.1 Å². The molecule has 2 heterocycles. The molecule has 8 nitrogen and oxygen atoms in total. The number of rotatable bonds is 7. The second-order valence-electron chi connectivity index (χ2n) is 5.55. The molecule has 1 aliphatic heterocycles. The van der Waals surface area contributed by atoms with Crippen molar-refractivity contribution in [1.82, 2.24) is 21.0 Å². The molecule has 1 aromatic heterocycles. The molecule has 1 atom stereocenters. The molecule has 26 heavy (non-hydrogen) atoms. The zero-order valence-corrected chi connectivity index (χ0v) is 15.6. The summed E-state index contributed by atoms with van der Waals surface area (Å²) < 4.78 is 6.22. The average Bonchev–Trinajstić information content (AvgIpc) is 3.35. The van der Waals surface area contributed by atoms with Gasteiger partial charge in [-0.1, -0.05) is 41.3 Å². The fourth-order valence-electron chi connectivity index (χ4n) is 2.30. The summed E-state index contributed by atoms with van der Waals surface area (Å²) in [6.07, 6.45) is 2.39. The first kappa shape index (κ1) is 18.6. The summed E-state index contributed by atoms with van der Waals surface area (Å²) in [4.78, 5) is 23.7. The fourth-order valence-corrected chi connectivity index (χ4v) is 3.86. The minimum atomic E-state index is -0.361. The van der Waals surface area contributed by atoms with Crippen LogP contribution in [0.15, 0.2) is 34.7 Å². The van der Waals surface area contributed by atoms with Crippen molar-refractivity contribution in [2.45, 2.75) is 23.3 Å². The van der Waals surface area contributed by atoms with Gasteiger partial charge in [0.1, 0.15) is 0 Å². The highest BCUT2D eigenvalue weighted by molar-refractivity contribution is 8.01. The molecular formula is C16H19N5O3S2. The Morgan fingerprint density at radius 1 is 1.23 bits per heavy atom. The third-order valence-corrected chi connectivity index (χ3v) is 5.60. The lowest BCUT2D eigenvalue weighted by Gasteiger charge is -2.08. The number of thioether (sulfide) groups is 1. The molecule has 2 aromatic rings. The van der Waals surface area contributed by atoms with Crippen LogP contribution in [0.5, 0.6) is 0 Å². The Kier molecular flexibility index (Phi) is 6.81. The topological polar surface area (TPSA) is 105 Å². The minimum Gasteiger partial charge on any atom is -0.376 e. The highest BCUT2D eigenvalue weighted by atomic mass is 32.2. The second-order valence-corrected chi connectivity index (χ2v) is 7.75. The molecule has 138 valence electrons. The van der Waals surface area contributed by atoms with Crippen LogP contribution in [-0.4, -0.2) is 47.0 Å². The highest BCUT2D eigenvalue weighted by Gasteiger charge is 2.16. The SMILES string of the molecule is O=C(CSc1nnc(NCC2CCCO2)s1)NNC(=O)c1ccccc1. The van der Waals surface area contributed by atoms with Crippen LogP contribution in [0, 0.1) is 0 Å². The van der Waals surface area contributed by atoms with E-state index in [1.807, 2.05) is 6.07 Å². The fraction of sp³-hybridized carbons (Fsp3) is 0.375. The largest absolute Gasteiger partial charge is 0.376 e. The van der Waals surface area contributed by atoms with E-state index in [1.165, 1.54) is 23.1 Å². The van der Waals surface area contributed by atoms with E-state index in [0.29, 0.717) is 21.6 Å². The lowest BCUT2D eigenvalue weighted by molar-refractivity contribution is -0.119. The number of hydrazine groups is 1. The van der Waals surface area contributed by atoms with Crippen molar-refractivity contribution in [2.75, 3.05) is 24.2 Å². The standard InChI is InChI=1S/C16H19N5O3S2/c22-13(18-19-14(23)11-5-2-1-3-6-11)10-25-16-21-20-15(26-16)17-9-12-7-4-8-24-12/h1-3,5-6,12H,4,7-10H2,(H,17,20)(H,18,22)(H,19,23). The van der Waals surface area contributed by atoms with Crippen molar-refractivity contribution in [1.29, 1.82) is 0 Å². The number of aromatic nitrogens is 2. The van der Waals surface area contributed by atoms with Gasteiger partial charge < -0.3 is 10.1 Å². The van der Waals surface area contributed by atoms with Crippen LogP contribution in [-0.2, 0) is 9.53 Å². The van der Waals surface area contributed by atoms with Gasteiger partial charge in [-0.05, 0) is 25.0 Å². The molecule has 10 heteroatoms. The third kappa shape index (κ3) is 5.68. The Labute approximate surface area is 159 Å². The number of ether oxygens (including phenoxy) is 1. The van der Waals surface area contributed by atoms with Gasteiger partial charge in [-0.15, -0.1) is 10.2 Å². The van der Waals surface area contributed by atoms with Crippen molar-refractivity contribution in [3.8, 4) is 0 Å².